The third-order valence-corrected chi connectivity index (χ3v) is 11.6. The number of aliphatic hydroxyl groups is 1. The van der Waals surface area contributed by atoms with Gasteiger partial charge in [-0.3, -0.25) is 14.4 Å². The molecule has 279 valence electrons. The van der Waals surface area contributed by atoms with E-state index in [2.05, 4.69) is 48.5 Å². The van der Waals surface area contributed by atoms with Crippen LogP contribution in [0.4, 0.5) is 0 Å². The molecular formula is C32H50BN4O9S4. The molecule has 0 spiro atoms. The zero-order valence-corrected chi connectivity index (χ0v) is 32.5. The third kappa shape index (κ3) is 18.6. The molecule has 13 nitrogen and oxygen atoms in total. The van der Waals surface area contributed by atoms with Gasteiger partial charge in [-0.05, 0) is 37.8 Å². The van der Waals surface area contributed by atoms with Gasteiger partial charge >= 0.3 is 0 Å². The van der Waals surface area contributed by atoms with Crippen LogP contribution < -0.4 is 26.4 Å². The first-order valence-electron chi connectivity index (χ1n) is 16.2. The zero-order valence-electron chi connectivity index (χ0n) is 29.3. The molecule has 0 aliphatic carbocycles. The van der Waals surface area contributed by atoms with Crippen molar-refractivity contribution in [3.05, 3.63) is 29.8 Å². The van der Waals surface area contributed by atoms with Crippen molar-refractivity contribution in [2.45, 2.75) is 67.9 Å². The Bertz CT molecular complexity index is 1240. The van der Waals surface area contributed by atoms with E-state index in [0.717, 1.165) is 0 Å². The lowest BCUT2D eigenvalue weighted by molar-refractivity contribution is -0.132. The molecule has 6 N–H and O–H groups in total. The number of carbonyl (C=O) groups is 3. The first-order valence-corrected chi connectivity index (χ1v) is 21.0. The van der Waals surface area contributed by atoms with E-state index in [1.165, 1.54) is 21.6 Å². The summed E-state index contributed by atoms with van der Waals surface area (Å²) in [5.41, 5.74) is 4.90. The second kappa shape index (κ2) is 25.2. The Hall–Kier alpha value is -1.79. The van der Waals surface area contributed by atoms with E-state index < -0.39 is 17.6 Å². The maximum atomic E-state index is 12.3. The Morgan fingerprint density at radius 2 is 1.98 bits per heavy atom. The summed E-state index contributed by atoms with van der Waals surface area (Å²) >= 11 is 0. The van der Waals surface area contributed by atoms with Gasteiger partial charge in [-0.2, -0.15) is 5.82 Å². The fraction of sp³-hybridized carbons (Fsp3) is 0.656. The Balaban J connectivity index is 1.71. The maximum Gasteiger partial charge on any atom is 0.260 e. The molecule has 0 aromatic heterocycles. The first kappa shape index (κ1) is 44.4. The van der Waals surface area contributed by atoms with Gasteiger partial charge in [0.15, 0.2) is 5.44 Å². The lowest BCUT2D eigenvalue weighted by Crippen LogP contribution is -2.39. The van der Waals surface area contributed by atoms with Crippen LogP contribution in [-0.4, -0.2) is 129 Å². The molecule has 3 amide bonds. The van der Waals surface area contributed by atoms with Crippen LogP contribution in [0.25, 0.3) is 0 Å². The largest absolute Gasteiger partial charge is 0.490 e. The number of hydrogen-bond donors (Lipinski definition) is 5. The predicted molar refractivity (Wildman–Crippen MR) is 204 cm³/mol. The van der Waals surface area contributed by atoms with Crippen molar-refractivity contribution < 1.29 is 43.2 Å². The van der Waals surface area contributed by atoms with Crippen LogP contribution in [0.15, 0.2) is 24.3 Å². The van der Waals surface area contributed by atoms with E-state index in [1.807, 2.05) is 13.2 Å². The summed E-state index contributed by atoms with van der Waals surface area (Å²) in [7, 11) is 7.58. The van der Waals surface area contributed by atoms with Gasteiger partial charge in [-0.25, -0.2) is 0 Å². The first-order chi connectivity index (χ1) is 24.0. The highest BCUT2D eigenvalue weighted by molar-refractivity contribution is 8.77. The van der Waals surface area contributed by atoms with Crippen LogP contribution in [0.2, 0.25) is 0 Å². The fourth-order valence-corrected chi connectivity index (χ4v) is 7.72. The van der Waals surface area contributed by atoms with Crippen molar-refractivity contribution in [2.24, 2.45) is 5.73 Å². The van der Waals surface area contributed by atoms with E-state index in [1.54, 1.807) is 53.1 Å². The molecule has 50 heavy (non-hydrogen) atoms. The van der Waals surface area contributed by atoms with E-state index in [4.69, 9.17) is 29.4 Å². The Labute approximate surface area is 312 Å². The molecule has 18 heteroatoms. The van der Waals surface area contributed by atoms with Gasteiger partial charge in [0.2, 0.25) is 5.91 Å². The highest BCUT2D eigenvalue weighted by atomic mass is 33.1. The number of nitrogens with two attached hydrogens (primary N) is 1. The topological polar surface area (TPSA) is 180 Å². The number of hydrogen-bond acceptors (Lipinski definition) is 14. The molecule has 1 radical (unpaired) electrons. The summed E-state index contributed by atoms with van der Waals surface area (Å²) in [6.45, 7) is 9.80. The van der Waals surface area contributed by atoms with Crippen LogP contribution in [0, 0.1) is 11.7 Å². The van der Waals surface area contributed by atoms with Crippen molar-refractivity contribution in [3.8, 4) is 17.5 Å². The summed E-state index contributed by atoms with van der Waals surface area (Å²) in [6.07, 6.45) is 1.26. The van der Waals surface area contributed by atoms with Crippen LogP contribution >= 0.6 is 43.2 Å². The van der Waals surface area contributed by atoms with E-state index in [9.17, 15) is 19.5 Å². The molecule has 1 fully saturated rings. The Morgan fingerprint density at radius 3 is 2.68 bits per heavy atom. The normalized spacial score (nSPS) is 18.3. The number of aliphatic hydroxyl groups excluding tert-OH is 1. The van der Waals surface area contributed by atoms with Crippen LogP contribution in [-0.2, 0) is 28.5 Å². The summed E-state index contributed by atoms with van der Waals surface area (Å²) in [4.78, 5) is 36.8. The van der Waals surface area contributed by atoms with Crippen molar-refractivity contribution in [1.82, 2.24) is 16.0 Å². The van der Waals surface area contributed by atoms with E-state index in [-0.39, 0.29) is 73.5 Å². The molecule has 5 atom stereocenters. The number of nitrogens with one attached hydrogen (secondary N) is 3. The SMILES string of the molecule is CCNC(=O)[C@H](O[C@@H]1C[C@H]([B]C#CCNC(=O)COCCOC(COc2cccc(C(=O)NCCN)c2)SSC(C)(C)C)OC1CO)SSC. The number of carbonyl (C=O) groups excluding carboxylic acids is 3. The Kier molecular flexibility index (Phi) is 22.4. The van der Waals surface area contributed by atoms with Crippen molar-refractivity contribution in [3.63, 3.8) is 0 Å². The molecule has 1 aromatic carbocycles. The minimum Gasteiger partial charge on any atom is -0.490 e. The summed E-state index contributed by atoms with van der Waals surface area (Å²) in [6, 6.07) is 6.53. The van der Waals surface area contributed by atoms with Crippen LogP contribution in [0.3, 0.4) is 0 Å². The lowest BCUT2D eigenvalue weighted by Gasteiger charge is -2.22. The lowest BCUT2D eigenvalue weighted by atomic mass is 9.71. The van der Waals surface area contributed by atoms with Gasteiger partial charge in [0.1, 0.15) is 30.5 Å². The second-order valence-corrected chi connectivity index (χ2v) is 17.3. The number of benzene rings is 1. The molecule has 1 heterocycles. The summed E-state index contributed by atoms with van der Waals surface area (Å²) in [5, 5.41) is 17.9. The average Bonchev–Trinajstić information content (AvgIpc) is 3.48. The third-order valence-electron chi connectivity index (χ3n) is 6.28. The van der Waals surface area contributed by atoms with Crippen LogP contribution in [0.1, 0.15) is 44.5 Å². The number of ether oxygens (including phenoxy) is 5. The van der Waals surface area contributed by atoms with Crippen molar-refractivity contribution in [2.75, 3.05) is 65.5 Å². The molecule has 2 rings (SSSR count). The number of rotatable bonds is 23. The smallest absolute Gasteiger partial charge is 0.260 e. The average molecular weight is 774 g/mol. The van der Waals surface area contributed by atoms with Gasteiger partial charge in [-0.15, -0.1) is 0 Å². The molecule has 1 aliphatic rings. The molecule has 0 bridgehead atoms. The molecule has 1 aromatic rings. The van der Waals surface area contributed by atoms with Gasteiger partial charge in [0.25, 0.3) is 19.1 Å². The number of likely N-dealkylation sites (N-methyl/N-ethyl adjacent to an activating group) is 1. The monoisotopic (exact) mass is 773 g/mol. The molecule has 0 saturated carbocycles. The van der Waals surface area contributed by atoms with Gasteiger partial charge in [0.05, 0.1) is 32.5 Å². The fourth-order valence-electron chi connectivity index (χ4n) is 4.07. The minimum atomic E-state index is -0.722. The van der Waals surface area contributed by atoms with E-state index >= 15 is 0 Å². The standard InChI is InChI=1S/C32H50BN4O9S4/c1-6-35-30(41)31(49-47-5)46-24-18-26(45-25(24)19-38)33-11-8-13-36-27(39)20-42-15-16-43-28(48-50-32(2,3)4)21-44-23-10-7-9-22(17-23)29(40)37-14-12-34/h7,9-10,17,24-26,28,31,38H,6,12-16,18-21,34H2,1-5H3,(H,35,41)(H,36,39)(H,37,40)/t24-,25?,26-,28?,31-/m1/s1. The van der Waals surface area contributed by atoms with Crippen LogP contribution in [0.5, 0.6) is 5.75 Å². The van der Waals surface area contributed by atoms with Gasteiger partial charge < -0.3 is 50.5 Å². The van der Waals surface area contributed by atoms with Gasteiger partial charge in [0, 0.05) is 35.9 Å². The van der Waals surface area contributed by atoms with Gasteiger partial charge in [-0.1, -0.05) is 75.9 Å². The summed E-state index contributed by atoms with van der Waals surface area (Å²) < 4.78 is 29.2. The molecule has 1 aliphatic heterocycles. The van der Waals surface area contributed by atoms with Crippen molar-refractivity contribution in [1.29, 1.82) is 0 Å². The predicted octanol–water partition coefficient (Wildman–Crippen LogP) is 2.04. The number of amides is 3. The molecular weight excluding hydrogens is 723 g/mol. The highest BCUT2D eigenvalue weighted by Gasteiger charge is 2.38. The molecule has 2 unspecified atom stereocenters. The zero-order chi connectivity index (χ0) is 36.8. The van der Waals surface area contributed by atoms with Crippen molar-refractivity contribution >= 4 is 68.2 Å². The maximum absolute atomic E-state index is 12.3. The second-order valence-electron chi connectivity index (χ2n) is 11.6. The van der Waals surface area contributed by atoms with E-state index in [0.29, 0.717) is 37.4 Å². The minimum absolute atomic E-state index is 0.00474. The summed E-state index contributed by atoms with van der Waals surface area (Å²) in [5.74, 6) is 5.52. The highest BCUT2D eigenvalue weighted by Crippen LogP contribution is 2.38. The quantitative estimate of drug-likeness (QED) is 0.0359. The molecule has 1 saturated heterocycles. The Morgan fingerprint density at radius 1 is 1.18 bits per heavy atom.